The minimum Gasteiger partial charge on any atom is -0.356 e. The van der Waals surface area contributed by atoms with Crippen LogP contribution in [-0.2, 0) is 11.2 Å². The number of carbonyl (C=O) groups is 1. The lowest BCUT2D eigenvalue weighted by molar-refractivity contribution is -0.121. The van der Waals surface area contributed by atoms with Crippen molar-refractivity contribution < 1.29 is 4.79 Å². The van der Waals surface area contributed by atoms with E-state index in [1.54, 1.807) is 0 Å². The van der Waals surface area contributed by atoms with Gasteiger partial charge in [0.1, 0.15) is 0 Å². The Bertz CT molecular complexity index is 308. The van der Waals surface area contributed by atoms with Gasteiger partial charge >= 0.3 is 0 Å². The molecule has 2 nitrogen and oxygen atoms in total. The van der Waals surface area contributed by atoms with Crippen molar-refractivity contribution in [3.63, 3.8) is 0 Å². The molecule has 0 heterocycles. The molecule has 1 atom stereocenters. The maximum absolute atomic E-state index is 11.4. The molecule has 2 heteroatoms. The topological polar surface area (TPSA) is 29.1 Å². The third-order valence-electron chi connectivity index (χ3n) is 2.68. The fraction of sp³-hybridized carbons (Fsp3) is 0.500. The molecule has 1 aromatic carbocycles. The van der Waals surface area contributed by atoms with E-state index in [1.807, 2.05) is 13.0 Å². The highest BCUT2D eigenvalue weighted by molar-refractivity contribution is 5.75. The van der Waals surface area contributed by atoms with E-state index in [0.29, 0.717) is 12.3 Å². The van der Waals surface area contributed by atoms with E-state index in [2.05, 4.69) is 36.5 Å². The molecule has 0 aliphatic carbocycles. The number of nitrogens with one attached hydrogen (secondary N) is 1. The van der Waals surface area contributed by atoms with Gasteiger partial charge in [0.2, 0.25) is 5.91 Å². The summed E-state index contributed by atoms with van der Waals surface area (Å²) in [5, 5.41) is 2.84. The summed E-state index contributed by atoms with van der Waals surface area (Å²) in [6.07, 6.45) is 2.77. The fourth-order valence-corrected chi connectivity index (χ4v) is 1.75. The standard InChI is InChI=1S/C14H21NO/c1-3-15-14(16)11-12(2)9-10-13-7-5-4-6-8-13/h4-8,12H,3,9-11H2,1-2H3,(H,15,16)/t12-/m1/s1. The predicted molar refractivity (Wildman–Crippen MR) is 67.2 cm³/mol. The molecule has 0 aliphatic rings. The average molecular weight is 219 g/mol. The van der Waals surface area contributed by atoms with Crippen molar-refractivity contribution in [2.24, 2.45) is 5.92 Å². The minimum absolute atomic E-state index is 0.170. The summed E-state index contributed by atoms with van der Waals surface area (Å²) in [4.78, 5) is 11.4. The van der Waals surface area contributed by atoms with Crippen LogP contribution in [0.2, 0.25) is 0 Å². The van der Waals surface area contributed by atoms with E-state index in [0.717, 1.165) is 19.4 Å². The van der Waals surface area contributed by atoms with Crippen molar-refractivity contribution in [2.75, 3.05) is 6.54 Å². The highest BCUT2D eigenvalue weighted by atomic mass is 16.1. The highest BCUT2D eigenvalue weighted by Gasteiger charge is 2.08. The Morgan fingerprint density at radius 2 is 2.00 bits per heavy atom. The van der Waals surface area contributed by atoms with E-state index < -0.39 is 0 Å². The summed E-state index contributed by atoms with van der Waals surface area (Å²) in [7, 11) is 0. The first kappa shape index (κ1) is 12.8. The smallest absolute Gasteiger partial charge is 0.220 e. The maximum atomic E-state index is 11.4. The second-order valence-corrected chi connectivity index (χ2v) is 4.29. The predicted octanol–water partition coefficient (Wildman–Crippen LogP) is 2.78. The lowest BCUT2D eigenvalue weighted by Gasteiger charge is -2.10. The van der Waals surface area contributed by atoms with Gasteiger partial charge in [-0.05, 0) is 31.2 Å². The molecule has 1 rings (SSSR count). The van der Waals surface area contributed by atoms with Gasteiger partial charge in [-0.1, -0.05) is 37.3 Å². The van der Waals surface area contributed by atoms with Gasteiger partial charge in [-0.2, -0.15) is 0 Å². The van der Waals surface area contributed by atoms with Gasteiger partial charge in [0.05, 0.1) is 0 Å². The van der Waals surface area contributed by atoms with Crippen LogP contribution in [0.25, 0.3) is 0 Å². The molecule has 1 amide bonds. The third-order valence-corrected chi connectivity index (χ3v) is 2.68. The van der Waals surface area contributed by atoms with Crippen LogP contribution in [0, 0.1) is 5.92 Å². The zero-order valence-corrected chi connectivity index (χ0v) is 10.2. The normalized spacial score (nSPS) is 12.1. The molecule has 0 saturated heterocycles. The molecule has 0 radical (unpaired) electrons. The Balaban J connectivity index is 2.25. The molecule has 0 spiro atoms. The van der Waals surface area contributed by atoms with E-state index in [9.17, 15) is 4.79 Å². The molecule has 0 aliphatic heterocycles. The SMILES string of the molecule is CCNC(=O)C[C@H](C)CCc1ccccc1. The summed E-state index contributed by atoms with van der Waals surface area (Å²) >= 11 is 0. The minimum atomic E-state index is 0.170. The second-order valence-electron chi connectivity index (χ2n) is 4.29. The molecule has 0 aromatic heterocycles. The molecular formula is C14H21NO. The molecule has 1 N–H and O–H groups in total. The number of hydrogen-bond acceptors (Lipinski definition) is 1. The largest absolute Gasteiger partial charge is 0.356 e. The van der Waals surface area contributed by atoms with Crippen molar-refractivity contribution in [2.45, 2.75) is 33.1 Å². The molecule has 1 aromatic rings. The molecule has 0 fully saturated rings. The first-order chi connectivity index (χ1) is 7.72. The maximum Gasteiger partial charge on any atom is 0.220 e. The van der Waals surface area contributed by atoms with E-state index in [-0.39, 0.29) is 5.91 Å². The molecule has 16 heavy (non-hydrogen) atoms. The van der Waals surface area contributed by atoms with Crippen LogP contribution >= 0.6 is 0 Å². The molecule has 0 bridgehead atoms. The van der Waals surface area contributed by atoms with Crippen LogP contribution in [0.5, 0.6) is 0 Å². The first-order valence-corrected chi connectivity index (χ1v) is 6.03. The van der Waals surface area contributed by atoms with Crippen molar-refractivity contribution in [3.05, 3.63) is 35.9 Å². The van der Waals surface area contributed by atoms with Gasteiger partial charge in [-0.15, -0.1) is 0 Å². The van der Waals surface area contributed by atoms with Crippen molar-refractivity contribution in [1.29, 1.82) is 0 Å². The number of hydrogen-bond donors (Lipinski definition) is 1. The molecule has 88 valence electrons. The van der Waals surface area contributed by atoms with Crippen LogP contribution < -0.4 is 5.32 Å². The number of benzene rings is 1. The molecule has 0 unspecified atom stereocenters. The van der Waals surface area contributed by atoms with Gasteiger partial charge < -0.3 is 5.32 Å². The van der Waals surface area contributed by atoms with Crippen LogP contribution in [0.4, 0.5) is 0 Å². The molecular weight excluding hydrogens is 198 g/mol. The quantitative estimate of drug-likeness (QED) is 0.783. The Labute approximate surface area is 98.1 Å². The van der Waals surface area contributed by atoms with Crippen molar-refractivity contribution in [1.82, 2.24) is 5.32 Å². The Hall–Kier alpha value is -1.31. The van der Waals surface area contributed by atoms with Gasteiger partial charge in [0.25, 0.3) is 0 Å². The van der Waals surface area contributed by atoms with Gasteiger partial charge in [0, 0.05) is 13.0 Å². The summed E-state index contributed by atoms with van der Waals surface area (Å²) in [6, 6.07) is 10.4. The zero-order valence-electron chi connectivity index (χ0n) is 10.2. The van der Waals surface area contributed by atoms with Crippen LogP contribution in [0.15, 0.2) is 30.3 Å². The van der Waals surface area contributed by atoms with E-state index in [1.165, 1.54) is 5.56 Å². The summed E-state index contributed by atoms with van der Waals surface area (Å²) in [6.45, 7) is 4.81. The average Bonchev–Trinajstić information content (AvgIpc) is 2.28. The van der Waals surface area contributed by atoms with Gasteiger partial charge in [-0.3, -0.25) is 4.79 Å². The Morgan fingerprint density at radius 1 is 1.31 bits per heavy atom. The van der Waals surface area contributed by atoms with Gasteiger partial charge in [-0.25, -0.2) is 0 Å². The van der Waals surface area contributed by atoms with Crippen LogP contribution in [0.1, 0.15) is 32.3 Å². The van der Waals surface area contributed by atoms with E-state index >= 15 is 0 Å². The summed E-state index contributed by atoms with van der Waals surface area (Å²) in [5.74, 6) is 0.620. The fourth-order valence-electron chi connectivity index (χ4n) is 1.75. The van der Waals surface area contributed by atoms with Crippen LogP contribution in [0.3, 0.4) is 0 Å². The highest BCUT2D eigenvalue weighted by Crippen LogP contribution is 2.12. The number of rotatable bonds is 6. The second kappa shape index (κ2) is 7.04. The van der Waals surface area contributed by atoms with Gasteiger partial charge in [0.15, 0.2) is 0 Å². The Morgan fingerprint density at radius 3 is 2.62 bits per heavy atom. The first-order valence-electron chi connectivity index (χ1n) is 6.03. The van der Waals surface area contributed by atoms with Crippen LogP contribution in [-0.4, -0.2) is 12.5 Å². The third kappa shape index (κ3) is 4.96. The van der Waals surface area contributed by atoms with Crippen molar-refractivity contribution in [3.8, 4) is 0 Å². The lowest BCUT2D eigenvalue weighted by Crippen LogP contribution is -2.24. The Kier molecular flexibility index (Phi) is 5.62. The number of aryl methyl sites for hydroxylation is 1. The molecule has 0 saturated carbocycles. The summed E-state index contributed by atoms with van der Waals surface area (Å²) in [5.41, 5.74) is 1.35. The monoisotopic (exact) mass is 219 g/mol. The number of carbonyl (C=O) groups excluding carboxylic acids is 1. The van der Waals surface area contributed by atoms with E-state index in [4.69, 9.17) is 0 Å². The number of amides is 1. The lowest BCUT2D eigenvalue weighted by atomic mass is 9.98. The van der Waals surface area contributed by atoms with Crippen molar-refractivity contribution >= 4 is 5.91 Å². The summed E-state index contributed by atoms with van der Waals surface area (Å²) < 4.78 is 0. The zero-order chi connectivity index (χ0) is 11.8.